The fraction of sp³-hybridized carbons (Fsp3) is 0.458. The van der Waals surface area contributed by atoms with Gasteiger partial charge in [0, 0.05) is 35.1 Å². The minimum absolute atomic E-state index is 0.00835. The van der Waals surface area contributed by atoms with E-state index in [2.05, 4.69) is 15.6 Å². The van der Waals surface area contributed by atoms with Gasteiger partial charge in [0.2, 0.25) is 0 Å². The summed E-state index contributed by atoms with van der Waals surface area (Å²) in [6.45, 7) is 27.5. The van der Waals surface area contributed by atoms with Gasteiger partial charge in [-0.25, -0.2) is 33.1 Å². The molecule has 2 amide bonds. The summed E-state index contributed by atoms with van der Waals surface area (Å²) in [4.78, 5) is 73.2. The molecule has 5 N–H and O–H groups in total. The maximum atomic E-state index is 14.0. The number of methoxy groups -OCH3 is 2. The molecule has 2 aromatic heterocycles. The van der Waals surface area contributed by atoms with Crippen molar-refractivity contribution in [2.45, 2.75) is 188 Å². The number of ketones is 2. The summed E-state index contributed by atoms with van der Waals surface area (Å²) >= 11 is 12.2. The lowest BCUT2D eigenvalue weighted by atomic mass is 9.87. The van der Waals surface area contributed by atoms with Crippen molar-refractivity contribution in [2.24, 2.45) is 0 Å². The molecule has 96 heavy (non-hydrogen) atoms. The van der Waals surface area contributed by atoms with E-state index < -0.39 is 75.7 Å². The number of benzene rings is 4. The standard InChI is InChI=1S/C38H48ClFN2O9.C34H42ClFN2O7/c1-22(2)49-35(45)50-23(3)21-48-31-14-12-25(18-32(31)47-10)30(43)15-16-38(9,46)33-20-26(37(7,8)42-34(44)51-36(4,5)6)19-29(41-33)24-11-13-28(40)27(39)17-24;1-20(39)19-44-28-12-10-22(16-29(28)43-8)27(40)13-14-34(7,42)30-18-23(33(5,6)38-31(41)45-32(2,3)4)17-26(37-30)21-9-11-25(36)24(35)15-21/h11-14,17-20,22-23,46H,15-16,21H2,1-10H3,(H,42,44);9-12,15-18,20,39,42H,13-14,19H2,1-8H3,(H,38,41)/t23-,38?;20-,34?/m11/s1. The number of alkyl carbamates (subject to hydrolysis) is 2. The highest BCUT2D eigenvalue weighted by Crippen LogP contribution is 2.38. The number of nitrogens with zero attached hydrogens (tertiary/aromatic N) is 2. The monoisotopic (exact) mass is 1370 g/mol. The van der Waals surface area contributed by atoms with Crippen LogP contribution >= 0.6 is 23.2 Å². The molecular formula is C72H90Cl2F2N4O16. The Labute approximate surface area is 570 Å². The molecule has 2 unspecified atom stereocenters. The van der Waals surface area contributed by atoms with Crippen LogP contribution in [-0.4, -0.2) is 112 Å². The molecule has 0 aliphatic heterocycles. The first-order chi connectivity index (χ1) is 44.4. The van der Waals surface area contributed by atoms with E-state index in [1.165, 1.54) is 56.7 Å². The van der Waals surface area contributed by atoms with Gasteiger partial charge in [-0.2, -0.15) is 0 Å². The first-order valence-corrected chi connectivity index (χ1v) is 31.8. The zero-order valence-corrected chi connectivity index (χ0v) is 59.3. The molecule has 0 aliphatic rings. The van der Waals surface area contributed by atoms with Gasteiger partial charge in [-0.05, 0) is 232 Å². The molecule has 0 saturated carbocycles. The van der Waals surface area contributed by atoms with Crippen molar-refractivity contribution in [3.63, 3.8) is 0 Å². The quantitative estimate of drug-likeness (QED) is 0.0192. The van der Waals surface area contributed by atoms with Gasteiger partial charge < -0.3 is 63.8 Å². The topological polar surface area (TPSA) is 270 Å². The van der Waals surface area contributed by atoms with E-state index in [-0.39, 0.29) is 78.0 Å². The van der Waals surface area contributed by atoms with Crippen LogP contribution in [0.5, 0.6) is 23.0 Å². The molecule has 2 heterocycles. The zero-order chi connectivity index (χ0) is 72.1. The van der Waals surface area contributed by atoms with E-state index in [1.807, 2.05) is 0 Å². The number of pyridine rings is 2. The van der Waals surface area contributed by atoms with E-state index in [4.69, 9.17) is 66.1 Å². The minimum atomic E-state index is -1.62. The average molecular weight is 1380 g/mol. The molecule has 0 fully saturated rings. The maximum Gasteiger partial charge on any atom is 0.508 e. The van der Waals surface area contributed by atoms with Gasteiger partial charge in [-0.15, -0.1) is 0 Å². The van der Waals surface area contributed by atoms with Crippen molar-refractivity contribution >= 4 is 53.1 Å². The summed E-state index contributed by atoms with van der Waals surface area (Å²) in [5.41, 5.74) is -2.63. The van der Waals surface area contributed by atoms with Crippen LogP contribution in [0.15, 0.2) is 97.1 Å². The predicted octanol–water partition coefficient (Wildman–Crippen LogP) is 15.4. The van der Waals surface area contributed by atoms with Crippen LogP contribution in [0.4, 0.5) is 23.2 Å². The molecule has 0 bridgehead atoms. The number of Topliss-reactive ketones (excluding diaryl/α,β-unsaturated/α-hetero) is 2. The lowest BCUT2D eigenvalue weighted by Gasteiger charge is -2.31. The fourth-order valence-corrected chi connectivity index (χ4v) is 9.58. The predicted molar refractivity (Wildman–Crippen MR) is 361 cm³/mol. The molecule has 0 saturated heterocycles. The molecule has 24 heteroatoms. The average Bonchev–Trinajstić information content (AvgIpc) is 0.787. The van der Waals surface area contributed by atoms with Crippen molar-refractivity contribution in [3.8, 4) is 45.5 Å². The smallest absolute Gasteiger partial charge is 0.493 e. The van der Waals surface area contributed by atoms with Crippen molar-refractivity contribution < 1.29 is 86.0 Å². The third kappa shape index (κ3) is 23.6. The summed E-state index contributed by atoms with van der Waals surface area (Å²) < 4.78 is 71.2. The molecule has 0 spiro atoms. The molecule has 4 atom stereocenters. The maximum absolute atomic E-state index is 14.0. The Bertz CT molecular complexity index is 3730. The Hall–Kier alpha value is -8.15. The molecule has 6 aromatic rings. The zero-order valence-electron chi connectivity index (χ0n) is 57.8. The summed E-state index contributed by atoms with van der Waals surface area (Å²) in [5.74, 6) is -0.353. The third-order valence-corrected chi connectivity index (χ3v) is 15.1. The number of ether oxygens (including phenoxy) is 8. The number of hydrogen-bond acceptors (Lipinski definition) is 18. The highest BCUT2D eigenvalue weighted by molar-refractivity contribution is 6.31. The fourth-order valence-electron chi connectivity index (χ4n) is 9.22. The Kier molecular flexibility index (Phi) is 26.8. The lowest BCUT2D eigenvalue weighted by molar-refractivity contribution is -0.000712. The number of amides is 2. The molecule has 6 rings (SSSR count). The van der Waals surface area contributed by atoms with E-state index in [1.54, 1.807) is 165 Å². The van der Waals surface area contributed by atoms with Crippen LogP contribution in [0, 0.1) is 11.6 Å². The number of aliphatic hydroxyl groups excluding tert-OH is 1. The van der Waals surface area contributed by atoms with Crippen LogP contribution in [0.25, 0.3) is 22.5 Å². The Morgan fingerprint density at radius 2 is 0.906 bits per heavy atom. The normalized spacial score (nSPS) is 13.7. The number of carbonyl (C=O) groups excluding carboxylic acids is 5. The molecule has 0 radical (unpaired) electrons. The van der Waals surface area contributed by atoms with Crippen LogP contribution < -0.4 is 29.6 Å². The van der Waals surface area contributed by atoms with Gasteiger partial charge in [0.05, 0.1) is 70.3 Å². The van der Waals surface area contributed by atoms with Gasteiger partial charge in [0.25, 0.3) is 0 Å². The van der Waals surface area contributed by atoms with Crippen LogP contribution in [-0.2, 0) is 41.2 Å². The van der Waals surface area contributed by atoms with Crippen LogP contribution in [0.3, 0.4) is 0 Å². The van der Waals surface area contributed by atoms with Crippen LogP contribution in [0.2, 0.25) is 10.0 Å². The van der Waals surface area contributed by atoms with Gasteiger partial charge in [-0.3, -0.25) is 9.59 Å². The summed E-state index contributed by atoms with van der Waals surface area (Å²) in [6.07, 6.45) is -3.80. The Balaban J connectivity index is 0.000000350. The number of aliphatic hydroxyl groups is 3. The molecule has 0 aliphatic carbocycles. The van der Waals surface area contributed by atoms with Crippen LogP contribution in [0.1, 0.15) is 180 Å². The second-order valence-corrected chi connectivity index (χ2v) is 27.8. The van der Waals surface area contributed by atoms with Gasteiger partial charge in [0.1, 0.15) is 53.4 Å². The van der Waals surface area contributed by atoms with Crippen molar-refractivity contribution in [1.82, 2.24) is 20.6 Å². The molecular weight excluding hydrogens is 1290 g/mol. The first kappa shape index (κ1) is 78.5. The number of halogens is 4. The SMILES string of the molecule is COc1cc(C(=O)CCC(C)(O)c2cc(C(C)(C)NC(=O)OC(C)(C)C)cc(-c3ccc(F)c(Cl)c3)n2)ccc1OC[C@@H](C)O.COc1cc(C(=O)CCC(C)(O)c2cc(C(C)(C)NC(=O)OC(C)(C)C)cc(-c3ccc(F)c(Cl)c3)n2)ccc1OC[C@@H](C)OC(=O)OC(C)C. The van der Waals surface area contributed by atoms with Crippen molar-refractivity contribution in [1.29, 1.82) is 0 Å². The summed E-state index contributed by atoms with van der Waals surface area (Å²) in [5, 5.41) is 38.5. The van der Waals surface area contributed by atoms with E-state index in [9.17, 15) is 48.1 Å². The minimum Gasteiger partial charge on any atom is -0.493 e. The van der Waals surface area contributed by atoms with E-state index in [0.29, 0.717) is 67.8 Å². The number of nitrogens with one attached hydrogen (secondary N) is 2. The first-order valence-electron chi connectivity index (χ1n) is 31.1. The number of carbonyl (C=O) groups is 5. The molecule has 4 aromatic carbocycles. The molecule has 20 nitrogen and oxygen atoms in total. The number of rotatable bonds is 26. The van der Waals surface area contributed by atoms with E-state index >= 15 is 0 Å². The number of hydrogen-bond donors (Lipinski definition) is 5. The Morgan fingerprint density at radius 1 is 0.521 bits per heavy atom. The largest absolute Gasteiger partial charge is 0.508 e. The highest BCUT2D eigenvalue weighted by Gasteiger charge is 2.35. The Morgan fingerprint density at radius 3 is 1.25 bits per heavy atom. The van der Waals surface area contributed by atoms with Crippen molar-refractivity contribution in [2.75, 3.05) is 27.4 Å². The summed E-state index contributed by atoms with van der Waals surface area (Å²) in [7, 11) is 2.89. The van der Waals surface area contributed by atoms with Crippen molar-refractivity contribution in [3.05, 3.63) is 152 Å². The van der Waals surface area contributed by atoms with Gasteiger partial charge >= 0.3 is 18.3 Å². The highest BCUT2D eigenvalue weighted by atomic mass is 35.5. The number of aromatic nitrogens is 2. The third-order valence-electron chi connectivity index (χ3n) is 14.5. The lowest BCUT2D eigenvalue weighted by Crippen LogP contribution is -2.44. The van der Waals surface area contributed by atoms with Gasteiger partial charge in [0.15, 0.2) is 34.6 Å². The van der Waals surface area contributed by atoms with E-state index in [0.717, 1.165) is 0 Å². The van der Waals surface area contributed by atoms with Gasteiger partial charge in [-0.1, -0.05) is 23.2 Å². The molecule has 522 valence electrons. The summed E-state index contributed by atoms with van der Waals surface area (Å²) in [6, 6.07) is 24.5. The second-order valence-electron chi connectivity index (χ2n) is 27.0. The second kappa shape index (κ2) is 32.7.